The van der Waals surface area contributed by atoms with Crippen molar-refractivity contribution in [2.75, 3.05) is 0 Å². The van der Waals surface area contributed by atoms with E-state index in [9.17, 15) is 23.1 Å². The van der Waals surface area contributed by atoms with Gasteiger partial charge in [-0.05, 0) is 17.7 Å². The molecule has 0 aromatic heterocycles. The van der Waals surface area contributed by atoms with Gasteiger partial charge in [0, 0.05) is 12.1 Å². The van der Waals surface area contributed by atoms with Crippen molar-refractivity contribution in [3.63, 3.8) is 0 Å². The van der Waals surface area contributed by atoms with Crippen molar-refractivity contribution in [3.05, 3.63) is 39.9 Å². The van der Waals surface area contributed by atoms with Crippen LogP contribution in [-0.2, 0) is 10.1 Å². The lowest BCUT2D eigenvalue weighted by Crippen LogP contribution is -2.11. The molecule has 1 rings (SSSR count). The first kappa shape index (κ1) is 11.6. The van der Waals surface area contributed by atoms with Crippen molar-refractivity contribution in [1.29, 1.82) is 0 Å². The second-order valence-electron chi connectivity index (χ2n) is 2.69. The number of hydrogen-bond donors (Lipinski definition) is 1. The minimum absolute atomic E-state index is 0.199. The van der Waals surface area contributed by atoms with E-state index in [1.165, 1.54) is 0 Å². The Balaban J connectivity index is 3.05. The standard InChI is InChI=1S/C7H7NO6S/c9-7(15(12,13)14)5-1-3-6(4-2-5)8(10)11/h1-4,7,9H,(H,12,13,14)/p-1. The fourth-order valence-electron chi connectivity index (χ4n) is 0.927. The Morgan fingerprint density at radius 3 is 2.07 bits per heavy atom. The maximum Gasteiger partial charge on any atom is 0.269 e. The second kappa shape index (κ2) is 3.93. The molecule has 0 saturated carbocycles. The molecular formula is C7H6NO6S-. The Labute approximate surface area is 84.9 Å². The zero-order valence-corrected chi connectivity index (χ0v) is 8.05. The van der Waals surface area contributed by atoms with Crippen LogP contribution in [0.15, 0.2) is 24.3 Å². The first-order chi connectivity index (χ1) is 6.82. The van der Waals surface area contributed by atoms with Crippen LogP contribution in [0.4, 0.5) is 5.69 Å². The predicted molar refractivity (Wildman–Crippen MR) is 47.8 cm³/mol. The van der Waals surface area contributed by atoms with Crippen molar-refractivity contribution >= 4 is 15.8 Å². The fraction of sp³-hybridized carbons (Fsp3) is 0.143. The van der Waals surface area contributed by atoms with Gasteiger partial charge in [0.2, 0.25) is 0 Å². The Kier molecular flexibility index (Phi) is 3.03. The topological polar surface area (TPSA) is 121 Å². The highest BCUT2D eigenvalue weighted by Crippen LogP contribution is 2.20. The van der Waals surface area contributed by atoms with E-state index in [2.05, 4.69) is 0 Å². The van der Waals surface area contributed by atoms with Crippen LogP contribution in [0.2, 0.25) is 0 Å². The molecule has 1 N–H and O–H groups in total. The molecule has 0 saturated heterocycles. The van der Waals surface area contributed by atoms with Crippen LogP contribution in [-0.4, -0.2) is 23.0 Å². The van der Waals surface area contributed by atoms with E-state index in [1.807, 2.05) is 0 Å². The van der Waals surface area contributed by atoms with Crippen LogP contribution >= 0.6 is 0 Å². The normalized spacial score (nSPS) is 13.5. The van der Waals surface area contributed by atoms with Gasteiger partial charge in [-0.2, -0.15) is 0 Å². The number of nitro groups is 1. The third-order valence-corrected chi connectivity index (χ3v) is 2.48. The largest absolute Gasteiger partial charge is 0.746 e. The van der Waals surface area contributed by atoms with Crippen LogP contribution in [0.3, 0.4) is 0 Å². The molecule has 1 atom stereocenters. The third-order valence-electron chi connectivity index (χ3n) is 1.66. The lowest BCUT2D eigenvalue weighted by molar-refractivity contribution is -0.384. The first-order valence-corrected chi connectivity index (χ1v) is 5.16. The number of non-ortho nitro benzene ring substituents is 1. The summed E-state index contributed by atoms with van der Waals surface area (Å²) >= 11 is 0. The highest BCUT2D eigenvalue weighted by molar-refractivity contribution is 7.85. The van der Waals surface area contributed by atoms with Gasteiger partial charge in [-0.3, -0.25) is 10.1 Å². The SMILES string of the molecule is O=[N+]([O-])c1ccc(C(O)S(=O)(=O)[O-])cc1. The van der Waals surface area contributed by atoms with Crippen molar-refractivity contribution in [1.82, 2.24) is 0 Å². The summed E-state index contributed by atoms with van der Waals surface area (Å²) < 4.78 is 31.2. The molecular weight excluding hydrogens is 226 g/mol. The predicted octanol–water partition coefficient (Wildman–Crippen LogP) is 0.131. The van der Waals surface area contributed by atoms with Crippen LogP contribution in [0.5, 0.6) is 0 Å². The third kappa shape index (κ3) is 2.72. The summed E-state index contributed by atoms with van der Waals surface area (Å²) in [5.74, 6) is 0. The highest BCUT2D eigenvalue weighted by atomic mass is 32.2. The van der Waals surface area contributed by atoms with Gasteiger partial charge >= 0.3 is 0 Å². The molecule has 0 radical (unpaired) electrons. The average Bonchev–Trinajstić information content (AvgIpc) is 2.15. The van der Waals surface area contributed by atoms with Crippen LogP contribution in [0.25, 0.3) is 0 Å². The van der Waals surface area contributed by atoms with Crippen molar-refractivity contribution in [3.8, 4) is 0 Å². The Morgan fingerprint density at radius 2 is 1.73 bits per heavy atom. The summed E-state index contributed by atoms with van der Waals surface area (Å²) in [6.45, 7) is 0. The number of nitrogens with zero attached hydrogens (tertiary/aromatic N) is 1. The number of aliphatic hydroxyl groups is 1. The van der Waals surface area contributed by atoms with E-state index in [-0.39, 0.29) is 11.3 Å². The van der Waals surface area contributed by atoms with E-state index >= 15 is 0 Å². The molecule has 15 heavy (non-hydrogen) atoms. The summed E-state index contributed by atoms with van der Waals surface area (Å²) in [7, 11) is -4.85. The molecule has 1 unspecified atom stereocenters. The van der Waals surface area contributed by atoms with E-state index in [0.717, 1.165) is 24.3 Å². The van der Waals surface area contributed by atoms with Gasteiger partial charge in [0.15, 0.2) is 5.44 Å². The van der Waals surface area contributed by atoms with E-state index in [4.69, 9.17) is 5.11 Å². The lowest BCUT2D eigenvalue weighted by atomic mass is 10.2. The van der Waals surface area contributed by atoms with Gasteiger partial charge in [0.25, 0.3) is 5.69 Å². The second-order valence-corrected chi connectivity index (χ2v) is 4.13. The van der Waals surface area contributed by atoms with Crippen LogP contribution in [0.1, 0.15) is 11.0 Å². The average molecular weight is 232 g/mol. The molecule has 0 bridgehead atoms. The molecule has 0 aliphatic heterocycles. The minimum atomic E-state index is -4.85. The molecule has 0 heterocycles. The zero-order valence-electron chi connectivity index (χ0n) is 7.23. The van der Waals surface area contributed by atoms with Gasteiger partial charge in [0.1, 0.15) is 10.1 Å². The summed E-state index contributed by atoms with van der Waals surface area (Å²) in [5.41, 5.74) is -2.65. The molecule has 0 amide bonds. The van der Waals surface area contributed by atoms with Crippen molar-refractivity contribution in [2.24, 2.45) is 0 Å². The van der Waals surface area contributed by atoms with Gasteiger partial charge in [0.05, 0.1) is 4.92 Å². The quantitative estimate of drug-likeness (QED) is 0.449. The molecule has 0 spiro atoms. The summed E-state index contributed by atoms with van der Waals surface area (Å²) in [6.07, 6.45) is 0. The summed E-state index contributed by atoms with van der Waals surface area (Å²) in [4.78, 5) is 9.56. The first-order valence-electron chi connectivity index (χ1n) is 3.69. The molecule has 1 aromatic carbocycles. The van der Waals surface area contributed by atoms with Crippen LogP contribution in [0, 0.1) is 10.1 Å². The number of benzene rings is 1. The van der Waals surface area contributed by atoms with Gasteiger partial charge < -0.3 is 9.66 Å². The summed E-state index contributed by atoms with van der Waals surface area (Å²) in [6, 6.07) is 4.03. The fourth-order valence-corrected chi connectivity index (χ4v) is 1.42. The Bertz CT molecular complexity index is 465. The molecule has 0 aliphatic carbocycles. The molecule has 7 nitrogen and oxygen atoms in total. The summed E-state index contributed by atoms with van der Waals surface area (Å²) in [5, 5.41) is 19.3. The number of nitro benzene ring substituents is 1. The zero-order chi connectivity index (χ0) is 11.6. The molecule has 8 heteroatoms. The maximum absolute atomic E-state index is 10.4. The monoisotopic (exact) mass is 232 g/mol. The molecule has 1 aromatic rings. The molecule has 0 fully saturated rings. The Morgan fingerprint density at radius 1 is 1.27 bits per heavy atom. The smallest absolute Gasteiger partial charge is 0.269 e. The lowest BCUT2D eigenvalue weighted by Gasteiger charge is -2.14. The molecule has 82 valence electrons. The van der Waals surface area contributed by atoms with Gasteiger partial charge in [-0.1, -0.05) is 0 Å². The maximum atomic E-state index is 10.4. The molecule has 0 aliphatic rings. The highest BCUT2D eigenvalue weighted by Gasteiger charge is 2.15. The minimum Gasteiger partial charge on any atom is -0.746 e. The Hall–Kier alpha value is -1.51. The van der Waals surface area contributed by atoms with Crippen molar-refractivity contribution in [2.45, 2.75) is 5.44 Å². The van der Waals surface area contributed by atoms with E-state index < -0.39 is 20.5 Å². The number of hydrogen-bond acceptors (Lipinski definition) is 6. The van der Waals surface area contributed by atoms with Gasteiger partial charge in [-0.25, -0.2) is 8.42 Å². The number of aliphatic hydroxyl groups excluding tert-OH is 1. The van der Waals surface area contributed by atoms with Gasteiger partial charge in [-0.15, -0.1) is 0 Å². The van der Waals surface area contributed by atoms with E-state index in [0.29, 0.717) is 0 Å². The number of rotatable bonds is 3. The van der Waals surface area contributed by atoms with Crippen LogP contribution < -0.4 is 0 Å². The van der Waals surface area contributed by atoms with E-state index in [1.54, 1.807) is 0 Å². The van der Waals surface area contributed by atoms with Crippen molar-refractivity contribution < 1.29 is 23.0 Å².